The lowest BCUT2D eigenvalue weighted by Crippen LogP contribution is -2.34. The van der Waals surface area contributed by atoms with Crippen LogP contribution in [0.2, 0.25) is 0 Å². The highest BCUT2D eigenvalue weighted by atomic mass is 16.2. The highest BCUT2D eigenvalue weighted by Crippen LogP contribution is 2.42. The molecule has 2 aliphatic rings. The van der Waals surface area contributed by atoms with Crippen molar-refractivity contribution in [2.45, 2.75) is 64.7 Å². The zero-order chi connectivity index (χ0) is 15.0. The molecule has 1 aliphatic carbocycles. The summed E-state index contributed by atoms with van der Waals surface area (Å²) in [6.45, 7) is 6.56. The van der Waals surface area contributed by atoms with Crippen molar-refractivity contribution in [3.8, 4) is 0 Å². The topological polar surface area (TPSA) is 32.3 Å². The zero-order valence-electron chi connectivity index (χ0n) is 13.3. The minimum Gasteiger partial charge on any atom is -0.318 e. The lowest BCUT2D eigenvalue weighted by molar-refractivity contribution is -0.131. The van der Waals surface area contributed by atoms with Crippen molar-refractivity contribution < 1.29 is 4.79 Å². The van der Waals surface area contributed by atoms with E-state index in [0.29, 0.717) is 17.9 Å². The normalized spacial score (nSPS) is 31.8. The quantitative estimate of drug-likeness (QED) is 0.900. The van der Waals surface area contributed by atoms with E-state index < -0.39 is 0 Å². The van der Waals surface area contributed by atoms with E-state index in [1.807, 2.05) is 0 Å². The van der Waals surface area contributed by atoms with Crippen molar-refractivity contribution in [1.82, 2.24) is 10.2 Å². The van der Waals surface area contributed by atoms with Crippen LogP contribution in [0.5, 0.6) is 0 Å². The summed E-state index contributed by atoms with van der Waals surface area (Å²) < 4.78 is 0. The molecule has 1 N–H and O–H groups in total. The summed E-state index contributed by atoms with van der Waals surface area (Å²) in [5.41, 5.74) is 2.51. The van der Waals surface area contributed by atoms with Crippen LogP contribution >= 0.6 is 0 Å². The van der Waals surface area contributed by atoms with Crippen LogP contribution in [0.25, 0.3) is 0 Å². The van der Waals surface area contributed by atoms with Gasteiger partial charge in [-0.05, 0) is 36.8 Å². The molecule has 4 unspecified atom stereocenters. The van der Waals surface area contributed by atoms with Crippen LogP contribution in [0, 0.1) is 12.8 Å². The van der Waals surface area contributed by atoms with E-state index in [1.165, 1.54) is 11.1 Å². The molecule has 3 rings (SSSR count). The molecule has 3 nitrogen and oxygen atoms in total. The Labute approximate surface area is 127 Å². The molecule has 0 bridgehead atoms. The fraction of sp³-hybridized carbons (Fsp3) is 0.611. The first-order valence-corrected chi connectivity index (χ1v) is 8.27. The third kappa shape index (κ3) is 2.71. The Morgan fingerprint density at radius 3 is 2.67 bits per heavy atom. The van der Waals surface area contributed by atoms with Gasteiger partial charge in [-0.2, -0.15) is 0 Å². The Bertz CT molecular complexity index is 528. The van der Waals surface area contributed by atoms with Gasteiger partial charge < -0.3 is 4.90 Å². The van der Waals surface area contributed by atoms with Crippen molar-refractivity contribution >= 4 is 5.91 Å². The summed E-state index contributed by atoms with van der Waals surface area (Å²) in [6.07, 6.45) is 4.42. The summed E-state index contributed by atoms with van der Waals surface area (Å²) in [7, 11) is 0. The molecule has 0 aromatic heterocycles. The molecule has 1 aliphatic heterocycles. The van der Waals surface area contributed by atoms with Gasteiger partial charge in [-0.25, -0.2) is 0 Å². The molecular weight excluding hydrogens is 260 g/mol. The maximum absolute atomic E-state index is 12.8. The van der Waals surface area contributed by atoms with Crippen LogP contribution in [0.1, 0.15) is 56.8 Å². The van der Waals surface area contributed by atoms with E-state index in [9.17, 15) is 4.79 Å². The van der Waals surface area contributed by atoms with E-state index in [4.69, 9.17) is 0 Å². The second-order valence-electron chi connectivity index (χ2n) is 6.65. The van der Waals surface area contributed by atoms with Crippen LogP contribution in [0.4, 0.5) is 0 Å². The maximum Gasteiger partial charge on any atom is 0.241 e. The average Bonchev–Trinajstić information content (AvgIpc) is 3.09. The van der Waals surface area contributed by atoms with E-state index in [-0.39, 0.29) is 12.2 Å². The number of carbonyl (C=O) groups excluding carboxylic acids is 1. The Morgan fingerprint density at radius 2 is 2.05 bits per heavy atom. The van der Waals surface area contributed by atoms with Crippen molar-refractivity contribution in [2.24, 2.45) is 5.92 Å². The summed E-state index contributed by atoms with van der Waals surface area (Å²) in [6, 6.07) is 8.86. The number of aryl methyl sites for hydroxylation is 1. The number of carbonyl (C=O) groups is 1. The van der Waals surface area contributed by atoms with Crippen LogP contribution in [0.15, 0.2) is 24.3 Å². The molecule has 0 spiro atoms. The number of hydrogen-bond donors (Lipinski definition) is 1. The number of amides is 1. The summed E-state index contributed by atoms with van der Waals surface area (Å²) in [5, 5.41) is 3.60. The van der Waals surface area contributed by atoms with Gasteiger partial charge >= 0.3 is 0 Å². The lowest BCUT2D eigenvalue weighted by Gasteiger charge is -2.26. The number of nitrogens with zero attached hydrogens (tertiary/aromatic N) is 1. The number of benzene rings is 1. The first kappa shape index (κ1) is 14.6. The van der Waals surface area contributed by atoms with Gasteiger partial charge in [0.1, 0.15) is 6.17 Å². The molecule has 2 fully saturated rings. The Morgan fingerprint density at radius 1 is 1.33 bits per heavy atom. The first-order valence-electron chi connectivity index (χ1n) is 8.27. The number of nitrogens with one attached hydrogen (secondary N) is 1. The monoisotopic (exact) mass is 286 g/mol. The van der Waals surface area contributed by atoms with Gasteiger partial charge in [0.15, 0.2) is 0 Å². The van der Waals surface area contributed by atoms with Gasteiger partial charge in [0, 0.05) is 6.04 Å². The van der Waals surface area contributed by atoms with Crippen LogP contribution < -0.4 is 5.32 Å². The van der Waals surface area contributed by atoms with E-state index in [1.54, 1.807) is 0 Å². The van der Waals surface area contributed by atoms with Crippen LogP contribution in [-0.2, 0) is 4.79 Å². The largest absolute Gasteiger partial charge is 0.318 e. The second-order valence-corrected chi connectivity index (χ2v) is 6.65. The van der Waals surface area contributed by atoms with Crippen molar-refractivity contribution in [3.05, 3.63) is 35.4 Å². The molecule has 1 saturated carbocycles. The predicted molar refractivity (Wildman–Crippen MR) is 84.8 cm³/mol. The third-order valence-electron chi connectivity index (χ3n) is 4.94. The van der Waals surface area contributed by atoms with Crippen molar-refractivity contribution in [3.63, 3.8) is 0 Å². The number of unbranched alkanes of at least 4 members (excludes halogenated alkanes) is 1. The van der Waals surface area contributed by atoms with E-state index >= 15 is 0 Å². The van der Waals surface area contributed by atoms with Gasteiger partial charge in [0.2, 0.25) is 5.91 Å². The van der Waals surface area contributed by atoms with Crippen LogP contribution in [0.3, 0.4) is 0 Å². The second kappa shape index (κ2) is 5.80. The summed E-state index contributed by atoms with van der Waals surface area (Å²) in [4.78, 5) is 14.9. The fourth-order valence-electron chi connectivity index (χ4n) is 3.44. The number of hydrogen-bond acceptors (Lipinski definition) is 2. The molecule has 1 amide bonds. The molecule has 21 heavy (non-hydrogen) atoms. The molecule has 4 atom stereocenters. The molecule has 1 aromatic rings. The molecule has 1 aromatic carbocycles. The molecule has 114 valence electrons. The first-order chi connectivity index (χ1) is 10.1. The lowest BCUT2D eigenvalue weighted by atomic mass is 10.1. The van der Waals surface area contributed by atoms with Crippen LogP contribution in [-0.4, -0.2) is 22.9 Å². The minimum atomic E-state index is 0.00218. The summed E-state index contributed by atoms with van der Waals surface area (Å²) in [5.74, 6) is 0.957. The van der Waals surface area contributed by atoms with Crippen molar-refractivity contribution in [1.29, 1.82) is 0 Å². The van der Waals surface area contributed by atoms with E-state index in [0.717, 1.165) is 25.7 Å². The molecule has 3 heteroatoms. The number of rotatable bonds is 5. The zero-order valence-corrected chi connectivity index (χ0v) is 13.3. The smallest absolute Gasteiger partial charge is 0.241 e. The third-order valence-corrected chi connectivity index (χ3v) is 4.94. The van der Waals surface area contributed by atoms with Gasteiger partial charge in [-0.1, -0.05) is 51.0 Å². The highest BCUT2D eigenvalue weighted by molar-refractivity contribution is 5.85. The Hall–Kier alpha value is -1.35. The maximum atomic E-state index is 12.8. The highest BCUT2D eigenvalue weighted by Gasteiger charge is 2.50. The summed E-state index contributed by atoms with van der Waals surface area (Å²) >= 11 is 0. The van der Waals surface area contributed by atoms with E-state index in [2.05, 4.69) is 55.3 Å². The Balaban J connectivity index is 1.86. The standard InChI is InChI=1S/C18H26N2O/c1-4-5-10-15-18(21)20(16-11-13(16)3)17(19-15)14-9-7-6-8-12(14)2/h6-9,13,15-17,19H,4-5,10-11H2,1-3H3. The molecular formula is C18H26N2O. The van der Waals surface area contributed by atoms with Gasteiger partial charge in [0.05, 0.1) is 6.04 Å². The predicted octanol–water partition coefficient (Wildman–Crippen LogP) is 3.39. The molecule has 1 saturated heterocycles. The SMILES string of the molecule is CCCCC1NC(c2ccccc2C)N(C2CC2C)C1=O. The van der Waals surface area contributed by atoms with Gasteiger partial charge in [-0.15, -0.1) is 0 Å². The minimum absolute atomic E-state index is 0.00218. The van der Waals surface area contributed by atoms with Crippen molar-refractivity contribution in [2.75, 3.05) is 0 Å². The van der Waals surface area contributed by atoms with Gasteiger partial charge in [-0.3, -0.25) is 10.1 Å². The molecule has 1 heterocycles. The fourth-order valence-corrected chi connectivity index (χ4v) is 3.44. The Kier molecular flexibility index (Phi) is 4.03. The average molecular weight is 286 g/mol. The molecule has 0 radical (unpaired) electrons. The van der Waals surface area contributed by atoms with Gasteiger partial charge in [0.25, 0.3) is 0 Å².